The number of rotatable bonds is 9. The van der Waals surface area contributed by atoms with Crippen LogP contribution < -0.4 is 9.62 Å². The zero-order valence-corrected chi connectivity index (χ0v) is 22.0. The highest BCUT2D eigenvalue weighted by atomic mass is 32.2. The molecule has 1 fully saturated rings. The van der Waals surface area contributed by atoms with E-state index in [1.807, 2.05) is 30.3 Å². The smallest absolute Gasteiger partial charge is 0.291 e. The third kappa shape index (κ3) is 4.47. The highest BCUT2D eigenvalue weighted by molar-refractivity contribution is 7.89. The van der Waals surface area contributed by atoms with Crippen LogP contribution in [0.4, 0.5) is 14.6 Å². The minimum absolute atomic E-state index is 0.0827. The summed E-state index contributed by atoms with van der Waals surface area (Å²) in [5.41, 5.74) is -0.382. The number of nitrogens with zero attached hydrogens (tertiary/aromatic N) is 9. The molecule has 0 aliphatic heterocycles. The van der Waals surface area contributed by atoms with Gasteiger partial charge < -0.3 is 4.90 Å². The summed E-state index contributed by atoms with van der Waals surface area (Å²) in [6.07, 6.45) is 2.93. The summed E-state index contributed by atoms with van der Waals surface area (Å²) in [7, 11) is -2.20. The lowest BCUT2D eigenvalue weighted by Gasteiger charge is -2.19. The minimum atomic E-state index is -4.06. The van der Waals surface area contributed by atoms with Gasteiger partial charge in [0, 0.05) is 31.4 Å². The molecule has 16 heteroatoms. The van der Waals surface area contributed by atoms with Gasteiger partial charge in [-0.05, 0) is 31.0 Å². The lowest BCUT2D eigenvalue weighted by atomic mass is 10.2. The van der Waals surface area contributed by atoms with E-state index < -0.39 is 27.0 Å². The molecule has 0 radical (unpaired) electrons. The summed E-state index contributed by atoms with van der Waals surface area (Å²) in [6.45, 7) is 1.12. The first-order chi connectivity index (χ1) is 18.7. The van der Waals surface area contributed by atoms with Crippen LogP contribution in [0, 0.1) is 11.3 Å². The summed E-state index contributed by atoms with van der Waals surface area (Å²) < 4.78 is 58.9. The molecule has 0 atom stereocenters. The molecule has 0 saturated heterocycles. The van der Waals surface area contributed by atoms with Crippen molar-refractivity contribution in [2.45, 2.75) is 36.2 Å². The second kappa shape index (κ2) is 9.29. The standard InChI is InChI=1S/C23H20F2N10O2S2/c1-33(9-10-34-8-2-7-29-34)19-17-15-4-3-14(39(36,37)32-23(12-26)5-6-23)11-16(15)35(20(17)28-13-27-19)22-31-30-21(38-22)18(24)25/h2-4,7-8,11,13,18,32H,5-6,9-10H2,1H3. The zero-order chi connectivity index (χ0) is 27.4. The van der Waals surface area contributed by atoms with Crippen molar-refractivity contribution in [2.24, 2.45) is 0 Å². The first kappa shape index (κ1) is 25.2. The van der Waals surface area contributed by atoms with E-state index >= 15 is 0 Å². The molecule has 6 rings (SSSR count). The highest BCUT2D eigenvalue weighted by Gasteiger charge is 2.46. The van der Waals surface area contributed by atoms with Crippen LogP contribution in [0.25, 0.3) is 27.1 Å². The van der Waals surface area contributed by atoms with Crippen molar-refractivity contribution in [2.75, 3.05) is 18.5 Å². The van der Waals surface area contributed by atoms with E-state index in [9.17, 15) is 22.5 Å². The largest absolute Gasteiger partial charge is 0.357 e. The van der Waals surface area contributed by atoms with Gasteiger partial charge >= 0.3 is 0 Å². The van der Waals surface area contributed by atoms with Gasteiger partial charge in [-0.25, -0.2) is 27.2 Å². The van der Waals surface area contributed by atoms with E-state index in [0.29, 0.717) is 65.0 Å². The first-order valence-corrected chi connectivity index (χ1v) is 14.1. The molecule has 5 aromatic rings. The molecule has 0 spiro atoms. The number of halogens is 2. The molecule has 1 saturated carbocycles. The maximum atomic E-state index is 13.4. The van der Waals surface area contributed by atoms with Gasteiger partial charge in [-0.3, -0.25) is 9.25 Å². The Hall–Kier alpha value is -4.07. The predicted octanol–water partition coefficient (Wildman–Crippen LogP) is 3.03. The van der Waals surface area contributed by atoms with Gasteiger partial charge in [-0.2, -0.15) is 15.1 Å². The number of aromatic nitrogens is 7. The number of benzene rings is 1. The Morgan fingerprint density at radius 3 is 2.77 bits per heavy atom. The third-order valence-corrected chi connectivity index (χ3v) is 8.95. The monoisotopic (exact) mass is 570 g/mol. The van der Waals surface area contributed by atoms with Crippen LogP contribution in [-0.4, -0.2) is 62.1 Å². The Morgan fingerprint density at radius 2 is 2.10 bits per heavy atom. The van der Waals surface area contributed by atoms with Crippen molar-refractivity contribution < 1.29 is 17.2 Å². The summed E-state index contributed by atoms with van der Waals surface area (Å²) in [5, 5.41) is 22.0. The van der Waals surface area contributed by atoms with Crippen molar-refractivity contribution in [1.29, 1.82) is 5.26 Å². The molecular weight excluding hydrogens is 550 g/mol. The number of alkyl halides is 2. The minimum Gasteiger partial charge on any atom is -0.357 e. The van der Waals surface area contributed by atoms with Crippen molar-refractivity contribution in [3.63, 3.8) is 0 Å². The number of fused-ring (bicyclic) bond motifs is 3. The zero-order valence-electron chi connectivity index (χ0n) is 20.4. The van der Waals surface area contributed by atoms with Crippen molar-refractivity contribution in [1.82, 2.24) is 39.2 Å². The average Bonchev–Trinajstić information content (AvgIpc) is 3.30. The van der Waals surface area contributed by atoms with Gasteiger partial charge in [-0.15, -0.1) is 10.2 Å². The molecule has 39 heavy (non-hydrogen) atoms. The molecule has 1 aliphatic rings. The van der Waals surface area contributed by atoms with E-state index in [4.69, 9.17) is 0 Å². The topological polar surface area (TPSA) is 148 Å². The Bertz CT molecular complexity index is 1840. The van der Waals surface area contributed by atoms with Crippen LogP contribution in [0.3, 0.4) is 0 Å². The van der Waals surface area contributed by atoms with E-state index in [-0.39, 0.29) is 10.0 Å². The molecule has 1 aliphatic carbocycles. The van der Waals surface area contributed by atoms with Crippen LogP contribution in [-0.2, 0) is 16.6 Å². The highest BCUT2D eigenvalue weighted by Crippen LogP contribution is 2.39. The maximum Gasteiger partial charge on any atom is 0.291 e. The van der Waals surface area contributed by atoms with E-state index in [1.165, 1.54) is 23.0 Å². The van der Waals surface area contributed by atoms with Crippen LogP contribution in [0.5, 0.6) is 0 Å². The Kier molecular flexibility index (Phi) is 6.01. The molecule has 1 aromatic carbocycles. The Labute approximate surface area is 224 Å². The molecule has 4 heterocycles. The van der Waals surface area contributed by atoms with Crippen molar-refractivity contribution in [3.8, 4) is 11.2 Å². The number of sulfonamides is 1. The summed E-state index contributed by atoms with van der Waals surface area (Å²) >= 11 is 0.685. The molecule has 200 valence electrons. The SMILES string of the molecule is CN(CCn1cccn1)c1ncnc2c1c1ccc(S(=O)(=O)NC3(C#N)CC3)cc1n2-c1nnc(C(F)F)s1. The summed E-state index contributed by atoms with van der Waals surface area (Å²) in [4.78, 5) is 10.7. The van der Waals surface area contributed by atoms with E-state index in [1.54, 1.807) is 16.9 Å². The van der Waals surface area contributed by atoms with Crippen LogP contribution in [0.2, 0.25) is 0 Å². The molecule has 0 unspecified atom stereocenters. The first-order valence-electron chi connectivity index (χ1n) is 11.8. The molecule has 0 bridgehead atoms. The summed E-state index contributed by atoms with van der Waals surface area (Å²) in [5.74, 6) is 0.560. The van der Waals surface area contributed by atoms with Crippen LogP contribution >= 0.6 is 11.3 Å². The number of hydrogen-bond acceptors (Lipinski definition) is 10. The van der Waals surface area contributed by atoms with Crippen LogP contribution in [0.1, 0.15) is 24.3 Å². The van der Waals surface area contributed by atoms with Gasteiger partial charge in [0.25, 0.3) is 6.43 Å². The van der Waals surface area contributed by atoms with E-state index in [2.05, 4.69) is 30.0 Å². The summed E-state index contributed by atoms with van der Waals surface area (Å²) in [6, 6.07) is 8.33. The predicted molar refractivity (Wildman–Crippen MR) is 138 cm³/mol. The number of hydrogen-bond donors (Lipinski definition) is 1. The second-order valence-corrected chi connectivity index (χ2v) is 11.8. The molecular formula is C23H20F2N10O2S2. The molecule has 0 amide bonds. The van der Waals surface area contributed by atoms with Gasteiger partial charge in [0.15, 0.2) is 10.7 Å². The maximum absolute atomic E-state index is 13.4. The van der Waals surface area contributed by atoms with Gasteiger partial charge in [0.1, 0.15) is 17.7 Å². The fourth-order valence-electron chi connectivity index (χ4n) is 4.32. The normalized spacial score (nSPS) is 14.7. The van der Waals surface area contributed by atoms with Gasteiger partial charge in [0.05, 0.1) is 28.4 Å². The Balaban J connectivity index is 1.52. The van der Waals surface area contributed by atoms with Gasteiger partial charge in [-0.1, -0.05) is 17.4 Å². The fraction of sp³-hybridized carbons (Fsp3) is 0.304. The molecule has 4 aromatic heterocycles. The third-order valence-electron chi connectivity index (χ3n) is 6.50. The number of likely N-dealkylation sites (N-methyl/N-ethyl adjacent to an activating group) is 1. The van der Waals surface area contributed by atoms with Gasteiger partial charge in [0.2, 0.25) is 15.2 Å². The quantitative estimate of drug-likeness (QED) is 0.282. The second-order valence-electron chi connectivity index (χ2n) is 9.12. The lowest BCUT2D eigenvalue weighted by Crippen LogP contribution is -2.35. The molecule has 12 nitrogen and oxygen atoms in total. The number of nitrogens with one attached hydrogen (secondary N) is 1. The average molecular weight is 571 g/mol. The van der Waals surface area contributed by atoms with E-state index in [0.717, 1.165) is 0 Å². The van der Waals surface area contributed by atoms with Crippen LogP contribution in [0.15, 0.2) is 47.9 Å². The number of nitriles is 1. The van der Waals surface area contributed by atoms with Crippen molar-refractivity contribution in [3.05, 3.63) is 48.0 Å². The van der Waals surface area contributed by atoms with Crippen molar-refractivity contribution >= 4 is 49.1 Å². The lowest BCUT2D eigenvalue weighted by molar-refractivity contribution is 0.150. The molecule has 1 N–H and O–H groups in total. The Morgan fingerprint density at radius 1 is 1.28 bits per heavy atom. The fourth-order valence-corrected chi connectivity index (χ4v) is 6.44. The number of anilines is 1.